The fourth-order valence-corrected chi connectivity index (χ4v) is 2.95. The zero-order chi connectivity index (χ0) is 14.8. The van der Waals surface area contributed by atoms with E-state index in [0.717, 1.165) is 25.8 Å². The number of aliphatic hydroxyl groups excluding tert-OH is 1. The molecule has 1 aromatic heterocycles. The predicted octanol–water partition coefficient (Wildman–Crippen LogP) is 4.48. The molecule has 0 fully saturated rings. The first kappa shape index (κ1) is 14.5. The van der Waals surface area contributed by atoms with Crippen molar-refractivity contribution in [1.82, 2.24) is 9.78 Å². The van der Waals surface area contributed by atoms with Crippen molar-refractivity contribution >= 4 is 31.9 Å². The van der Waals surface area contributed by atoms with E-state index in [9.17, 15) is 5.11 Å². The minimum Gasteiger partial charge on any atom is -0.383 e. The monoisotopic (exact) mass is 406 g/mol. The summed E-state index contributed by atoms with van der Waals surface area (Å²) in [6, 6.07) is 15.5. The highest BCUT2D eigenvalue weighted by atomic mass is 79.9. The Labute approximate surface area is 139 Å². The van der Waals surface area contributed by atoms with Crippen LogP contribution in [0, 0.1) is 0 Å². The summed E-state index contributed by atoms with van der Waals surface area (Å²) < 4.78 is 3.55. The van der Waals surface area contributed by atoms with Gasteiger partial charge in [0.15, 0.2) is 0 Å². The molecule has 0 saturated heterocycles. The average Bonchev–Trinajstić information content (AvgIpc) is 3.00. The van der Waals surface area contributed by atoms with E-state index in [1.165, 1.54) is 0 Å². The first-order valence-electron chi connectivity index (χ1n) is 6.38. The Morgan fingerprint density at radius 3 is 2.57 bits per heavy atom. The summed E-state index contributed by atoms with van der Waals surface area (Å²) in [7, 11) is 0. The standard InChI is InChI=1S/C16H12Br2N2O/c17-12-6-7-15(18)14(8-12)16(21)11-9-19-20(10-11)13-4-2-1-3-5-13/h1-10,16,21H. The molecule has 0 saturated carbocycles. The quantitative estimate of drug-likeness (QED) is 0.695. The Morgan fingerprint density at radius 1 is 1.05 bits per heavy atom. The first-order chi connectivity index (χ1) is 10.1. The van der Waals surface area contributed by atoms with Crippen molar-refractivity contribution in [3.63, 3.8) is 0 Å². The maximum atomic E-state index is 10.6. The van der Waals surface area contributed by atoms with Crippen LogP contribution in [0.15, 0.2) is 69.9 Å². The van der Waals surface area contributed by atoms with Crippen LogP contribution in [-0.2, 0) is 0 Å². The summed E-state index contributed by atoms with van der Waals surface area (Å²) in [4.78, 5) is 0. The highest BCUT2D eigenvalue weighted by Crippen LogP contribution is 2.31. The fourth-order valence-electron chi connectivity index (χ4n) is 2.10. The summed E-state index contributed by atoms with van der Waals surface area (Å²) in [6.07, 6.45) is 2.80. The van der Waals surface area contributed by atoms with Crippen LogP contribution in [0.2, 0.25) is 0 Å². The molecule has 5 heteroatoms. The lowest BCUT2D eigenvalue weighted by atomic mass is 10.1. The van der Waals surface area contributed by atoms with Crippen molar-refractivity contribution in [2.45, 2.75) is 6.10 Å². The molecular formula is C16H12Br2N2O. The van der Waals surface area contributed by atoms with Gasteiger partial charge in [-0.05, 0) is 30.3 Å². The molecule has 1 atom stereocenters. The Morgan fingerprint density at radius 2 is 1.81 bits per heavy atom. The number of aromatic nitrogens is 2. The largest absolute Gasteiger partial charge is 0.383 e. The van der Waals surface area contributed by atoms with E-state index in [1.54, 1.807) is 10.9 Å². The second kappa shape index (κ2) is 6.13. The summed E-state index contributed by atoms with van der Waals surface area (Å²) in [6.45, 7) is 0. The number of benzene rings is 2. The van der Waals surface area contributed by atoms with Crippen molar-refractivity contribution in [1.29, 1.82) is 0 Å². The van der Waals surface area contributed by atoms with Gasteiger partial charge in [-0.25, -0.2) is 4.68 Å². The Balaban J connectivity index is 1.94. The summed E-state index contributed by atoms with van der Waals surface area (Å²) in [5.41, 5.74) is 2.51. The van der Waals surface area contributed by atoms with Gasteiger partial charge in [-0.3, -0.25) is 0 Å². The number of rotatable bonds is 3. The summed E-state index contributed by atoms with van der Waals surface area (Å²) in [5, 5.41) is 14.9. The number of nitrogens with zero attached hydrogens (tertiary/aromatic N) is 2. The van der Waals surface area contributed by atoms with Crippen LogP contribution in [0.3, 0.4) is 0 Å². The molecule has 0 amide bonds. The molecule has 0 aliphatic heterocycles. The molecule has 2 aromatic carbocycles. The molecule has 0 spiro atoms. The van der Waals surface area contributed by atoms with E-state index in [1.807, 2.05) is 54.7 Å². The smallest absolute Gasteiger partial charge is 0.108 e. The maximum absolute atomic E-state index is 10.6. The Bertz CT molecular complexity index is 756. The van der Waals surface area contributed by atoms with Crippen LogP contribution in [0.25, 0.3) is 5.69 Å². The second-order valence-corrected chi connectivity index (χ2v) is 6.39. The molecule has 106 valence electrons. The van der Waals surface area contributed by atoms with E-state index in [2.05, 4.69) is 37.0 Å². The minimum absolute atomic E-state index is 0.727. The van der Waals surface area contributed by atoms with E-state index >= 15 is 0 Å². The molecule has 1 heterocycles. The van der Waals surface area contributed by atoms with E-state index < -0.39 is 6.10 Å². The third-order valence-electron chi connectivity index (χ3n) is 3.19. The van der Waals surface area contributed by atoms with E-state index in [4.69, 9.17) is 0 Å². The molecule has 21 heavy (non-hydrogen) atoms. The highest BCUT2D eigenvalue weighted by molar-refractivity contribution is 9.11. The lowest BCUT2D eigenvalue weighted by Gasteiger charge is -2.11. The van der Waals surface area contributed by atoms with Crippen molar-refractivity contribution < 1.29 is 5.11 Å². The van der Waals surface area contributed by atoms with Gasteiger partial charge >= 0.3 is 0 Å². The molecule has 3 nitrogen and oxygen atoms in total. The normalized spacial score (nSPS) is 12.3. The fraction of sp³-hybridized carbons (Fsp3) is 0.0625. The van der Waals surface area contributed by atoms with Crippen LogP contribution in [-0.4, -0.2) is 14.9 Å². The molecule has 0 bridgehead atoms. The van der Waals surface area contributed by atoms with Gasteiger partial charge in [0.05, 0.1) is 11.9 Å². The minimum atomic E-state index is -0.727. The zero-order valence-corrected chi connectivity index (χ0v) is 14.1. The molecule has 1 unspecified atom stereocenters. The zero-order valence-electron chi connectivity index (χ0n) is 10.9. The van der Waals surface area contributed by atoms with Gasteiger partial charge < -0.3 is 5.11 Å². The number of hydrogen-bond donors (Lipinski definition) is 1. The first-order valence-corrected chi connectivity index (χ1v) is 7.97. The lowest BCUT2D eigenvalue weighted by molar-refractivity contribution is 0.219. The van der Waals surface area contributed by atoms with Gasteiger partial charge in [-0.1, -0.05) is 50.1 Å². The Kier molecular flexibility index (Phi) is 4.24. The topological polar surface area (TPSA) is 38.1 Å². The van der Waals surface area contributed by atoms with E-state index in [-0.39, 0.29) is 0 Å². The third kappa shape index (κ3) is 3.10. The number of halogens is 2. The molecule has 0 aliphatic rings. The van der Waals surface area contributed by atoms with Gasteiger partial charge in [-0.2, -0.15) is 5.10 Å². The van der Waals surface area contributed by atoms with Gasteiger partial charge in [0.2, 0.25) is 0 Å². The Hall–Kier alpha value is -1.43. The highest BCUT2D eigenvalue weighted by Gasteiger charge is 2.16. The van der Waals surface area contributed by atoms with Gasteiger partial charge in [0.1, 0.15) is 6.10 Å². The van der Waals surface area contributed by atoms with Gasteiger partial charge in [-0.15, -0.1) is 0 Å². The van der Waals surface area contributed by atoms with Crippen LogP contribution in [0.1, 0.15) is 17.2 Å². The van der Waals surface area contributed by atoms with E-state index in [0.29, 0.717) is 0 Å². The molecule has 0 aliphatic carbocycles. The summed E-state index contributed by atoms with van der Waals surface area (Å²) >= 11 is 6.90. The average molecular weight is 408 g/mol. The van der Waals surface area contributed by atoms with Crippen molar-refractivity contribution in [2.75, 3.05) is 0 Å². The predicted molar refractivity (Wildman–Crippen MR) is 89.5 cm³/mol. The lowest BCUT2D eigenvalue weighted by Crippen LogP contribution is -2.00. The van der Waals surface area contributed by atoms with Crippen molar-refractivity contribution in [2.24, 2.45) is 0 Å². The third-order valence-corrected chi connectivity index (χ3v) is 4.41. The van der Waals surface area contributed by atoms with Crippen LogP contribution >= 0.6 is 31.9 Å². The number of aliphatic hydroxyl groups is 1. The molecule has 1 N–H and O–H groups in total. The molecular weight excluding hydrogens is 396 g/mol. The molecule has 3 aromatic rings. The SMILES string of the molecule is OC(c1cnn(-c2ccccc2)c1)c1cc(Br)ccc1Br. The van der Waals surface area contributed by atoms with Gasteiger partial charge in [0.25, 0.3) is 0 Å². The molecule has 3 rings (SSSR count). The maximum Gasteiger partial charge on any atom is 0.108 e. The molecule has 0 radical (unpaired) electrons. The number of hydrogen-bond acceptors (Lipinski definition) is 2. The van der Waals surface area contributed by atoms with Crippen molar-refractivity contribution in [3.8, 4) is 5.69 Å². The van der Waals surface area contributed by atoms with Crippen LogP contribution < -0.4 is 0 Å². The number of para-hydroxylation sites is 1. The van der Waals surface area contributed by atoms with Gasteiger partial charge in [0, 0.05) is 26.3 Å². The van der Waals surface area contributed by atoms with Crippen molar-refractivity contribution in [3.05, 3.63) is 81.0 Å². The summed E-state index contributed by atoms with van der Waals surface area (Å²) in [5.74, 6) is 0. The second-order valence-electron chi connectivity index (χ2n) is 4.62. The van der Waals surface area contributed by atoms with Crippen LogP contribution in [0.4, 0.5) is 0 Å². The van der Waals surface area contributed by atoms with Crippen LogP contribution in [0.5, 0.6) is 0 Å².